The number of hydrogen-bond acceptors (Lipinski definition) is 3. The molecule has 0 bridgehead atoms. The maximum Gasteiger partial charge on any atom is 0.161 e. The first kappa shape index (κ1) is 16.0. The van der Waals surface area contributed by atoms with Crippen molar-refractivity contribution in [3.63, 3.8) is 0 Å². The lowest BCUT2D eigenvalue weighted by Crippen LogP contribution is -2.02. The van der Waals surface area contributed by atoms with Crippen LogP contribution in [0.2, 0.25) is 10.0 Å². The van der Waals surface area contributed by atoms with Crippen LogP contribution in [-0.4, -0.2) is 6.61 Å². The molecular formula is C16H17Cl2NO2. The van der Waals surface area contributed by atoms with Crippen molar-refractivity contribution in [3.8, 4) is 11.5 Å². The lowest BCUT2D eigenvalue weighted by atomic mass is 10.2. The quantitative estimate of drug-likeness (QED) is 0.854. The highest BCUT2D eigenvalue weighted by molar-refractivity contribution is 6.42. The van der Waals surface area contributed by atoms with Gasteiger partial charge in [0, 0.05) is 6.54 Å². The van der Waals surface area contributed by atoms with Crippen LogP contribution in [0.4, 0.5) is 0 Å². The third kappa shape index (κ3) is 4.27. The molecule has 0 fully saturated rings. The van der Waals surface area contributed by atoms with Gasteiger partial charge in [0.05, 0.1) is 16.7 Å². The number of ether oxygens (including phenoxy) is 2. The fraction of sp³-hybridized carbons (Fsp3) is 0.250. The predicted molar refractivity (Wildman–Crippen MR) is 86.3 cm³/mol. The molecule has 112 valence electrons. The van der Waals surface area contributed by atoms with Crippen LogP contribution >= 0.6 is 23.2 Å². The van der Waals surface area contributed by atoms with Gasteiger partial charge in [0.25, 0.3) is 0 Å². The third-order valence-corrected chi connectivity index (χ3v) is 3.66. The minimum atomic E-state index is 0.388. The Hall–Kier alpha value is -1.42. The van der Waals surface area contributed by atoms with E-state index in [0.29, 0.717) is 41.3 Å². The van der Waals surface area contributed by atoms with Crippen molar-refractivity contribution in [3.05, 3.63) is 57.6 Å². The van der Waals surface area contributed by atoms with Gasteiger partial charge >= 0.3 is 0 Å². The van der Waals surface area contributed by atoms with Crippen LogP contribution in [0.15, 0.2) is 36.4 Å². The molecule has 2 rings (SSSR count). The Balaban J connectivity index is 2.13. The average molecular weight is 326 g/mol. The molecule has 0 saturated heterocycles. The molecule has 0 aliphatic carbocycles. The van der Waals surface area contributed by atoms with Crippen molar-refractivity contribution in [2.75, 3.05) is 6.61 Å². The Labute approximate surface area is 134 Å². The van der Waals surface area contributed by atoms with E-state index in [4.69, 9.17) is 38.4 Å². The average Bonchev–Trinajstić information content (AvgIpc) is 2.49. The summed E-state index contributed by atoms with van der Waals surface area (Å²) in [6, 6.07) is 11.1. The molecule has 0 aromatic heterocycles. The second-order valence-corrected chi connectivity index (χ2v) is 5.27. The Bertz CT molecular complexity index is 617. The van der Waals surface area contributed by atoms with Crippen LogP contribution in [0.3, 0.4) is 0 Å². The van der Waals surface area contributed by atoms with Gasteiger partial charge < -0.3 is 15.2 Å². The van der Waals surface area contributed by atoms with Gasteiger partial charge in [-0.05, 0) is 42.3 Å². The normalized spacial score (nSPS) is 10.5. The van der Waals surface area contributed by atoms with Gasteiger partial charge in [0.15, 0.2) is 11.5 Å². The van der Waals surface area contributed by atoms with Gasteiger partial charge in [-0.3, -0.25) is 0 Å². The zero-order chi connectivity index (χ0) is 15.2. The molecule has 2 aromatic carbocycles. The van der Waals surface area contributed by atoms with Gasteiger partial charge in [-0.15, -0.1) is 0 Å². The largest absolute Gasteiger partial charge is 0.490 e. The molecule has 0 radical (unpaired) electrons. The minimum Gasteiger partial charge on any atom is -0.490 e. The highest BCUT2D eigenvalue weighted by Crippen LogP contribution is 2.30. The number of nitrogens with two attached hydrogens (primary N) is 1. The van der Waals surface area contributed by atoms with Crippen LogP contribution in [0.1, 0.15) is 18.1 Å². The molecule has 0 aliphatic rings. The molecule has 0 heterocycles. The second kappa shape index (κ2) is 7.55. The van der Waals surface area contributed by atoms with E-state index in [1.807, 2.05) is 31.2 Å². The van der Waals surface area contributed by atoms with Crippen LogP contribution in [0.5, 0.6) is 11.5 Å². The summed E-state index contributed by atoms with van der Waals surface area (Å²) in [6.07, 6.45) is 0. The van der Waals surface area contributed by atoms with E-state index in [9.17, 15) is 0 Å². The Kier molecular flexibility index (Phi) is 5.74. The van der Waals surface area contributed by atoms with Crippen LogP contribution in [0, 0.1) is 0 Å². The molecule has 21 heavy (non-hydrogen) atoms. The fourth-order valence-corrected chi connectivity index (χ4v) is 2.18. The summed E-state index contributed by atoms with van der Waals surface area (Å²) < 4.78 is 11.4. The molecule has 2 aromatic rings. The van der Waals surface area contributed by atoms with Crippen molar-refractivity contribution < 1.29 is 9.47 Å². The Morgan fingerprint density at radius 2 is 1.67 bits per heavy atom. The van der Waals surface area contributed by atoms with E-state index in [1.54, 1.807) is 12.1 Å². The zero-order valence-electron chi connectivity index (χ0n) is 11.7. The lowest BCUT2D eigenvalue weighted by molar-refractivity contribution is 0.269. The molecule has 2 N–H and O–H groups in total. The van der Waals surface area contributed by atoms with Crippen LogP contribution in [0.25, 0.3) is 0 Å². The molecular weight excluding hydrogens is 309 g/mol. The van der Waals surface area contributed by atoms with Crippen molar-refractivity contribution in [2.45, 2.75) is 20.1 Å². The van der Waals surface area contributed by atoms with E-state index in [-0.39, 0.29) is 0 Å². The highest BCUT2D eigenvalue weighted by atomic mass is 35.5. The van der Waals surface area contributed by atoms with Crippen LogP contribution in [-0.2, 0) is 13.2 Å². The maximum absolute atomic E-state index is 5.99. The van der Waals surface area contributed by atoms with E-state index in [2.05, 4.69) is 0 Å². The molecule has 0 spiro atoms. The fourth-order valence-electron chi connectivity index (χ4n) is 1.86. The highest BCUT2D eigenvalue weighted by Gasteiger charge is 2.07. The van der Waals surface area contributed by atoms with Crippen LogP contribution < -0.4 is 15.2 Å². The van der Waals surface area contributed by atoms with E-state index < -0.39 is 0 Å². The summed E-state index contributed by atoms with van der Waals surface area (Å²) in [7, 11) is 0. The molecule has 0 saturated carbocycles. The van der Waals surface area contributed by atoms with E-state index in [0.717, 1.165) is 11.1 Å². The summed E-state index contributed by atoms with van der Waals surface area (Å²) in [6.45, 7) is 3.35. The summed E-state index contributed by atoms with van der Waals surface area (Å²) in [5.41, 5.74) is 7.58. The Morgan fingerprint density at radius 3 is 2.33 bits per heavy atom. The summed E-state index contributed by atoms with van der Waals surface area (Å²) in [4.78, 5) is 0. The molecule has 0 aliphatic heterocycles. The summed E-state index contributed by atoms with van der Waals surface area (Å²) in [5, 5.41) is 1.05. The number of hydrogen-bond donors (Lipinski definition) is 1. The minimum absolute atomic E-state index is 0.388. The van der Waals surface area contributed by atoms with E-state index in [1.165, 1.54) is 0 Å². The summed E-state index contributed by atoms with van der Waals surface area (Å²) >= 11 is 11.9. The number of rotatable bonds is 6. The molecule has 0 unspecified atom stereocenters. The molecule has 0 atom stereocenters. The van der Waals surface area contributed by atoms with Gasteiger partial charge in [0.2, 0.25) is 0 Å². The topological polar surface area (TPSA) is 44.5 Å². The van der Waals surface area contributed by atoms with Gasteiger partial charge in [-0.1, -0.05) is 35.3 Å². The van der Waals surface area contributed by atoms with Gasteiger partial charge in [-0.25, -0.2) is 0 Å². The maximum atomic E-state index is 5.99. The number of benzene rings is 2. The Morgan fingerprint density at radius 1 is 0.905 bits per heavy atom. The predicted octanol–water partition coefficient (Wildman–Crippen LogP) is 4.43. The SMILES string of the molecule is CCOc1cc(CN)ccc1OCc1ccc(Cl)c(Cl)c1. The van der Waals surface area contributed by atoms with Gasteiger partial charge in [-0.2, -0.15) is 0 Å². The van der Waals surface area contributed by atoms with Crippen molar-refractivity contribution >= 4 is 23.2 Å². The smallest absolute Gasteiger partial charge is 0.161 e. The monoisotopic (exact) mass is 325 g/mol. The standard InChI is InChI=1S/C16H17Cl2NO2/c1-2-20-16-8-11(9-19)4-6-15(16)21-10-12-3-5-13(17)14(18)7-12/h3-8H,2,9-10,19H2,1H3. The van der Waals surface area contributed by atoms with Crippen molar-refractivity contribution in [2.24, 2.45) is 5.73 Å². The first-order valence-corrected chi connectivity index (χ1v) is 7.42. The lowest BCUT2D eigenvalue weighted by Gasteiger charge is -2.13. The number of halogens is 2. The zero-order valence-corrected chi connectivity index (χ0v) is 13.2. The summed E-state index contributed by atoms with van der Waals surface area (Å²) in [5.74, 6) is 1.38. The molecule has 0 amide bonds. The third-order valence-electron chi connectivity index (χ3n) is 2.92. The van der Waals surface area contributed by atoms with Gasteiger partial charge in [0.1, 0.15) is 6.61 Å². The first-order chi connectivity index (χ1) is 10.1. The van der Waals surface area contributed by atoms with Crippen molar-refractivity contribution in [1.82, 2.24) is 0 Å². The van der Waals surface area contributed by atoms with E-state index >= 15 is 0 Å². The molecule has 3 nitrogen and oxygen atoms in total. The second-order valence-electron chi connectivity index (χ2n) is 4.46. The first-order valence-electron chi connectivity index (χ1n) is 6.66. The van der Waals surface area contributed by atoms with Crippen molar-refractivity contribution in [1.29, 1.82) is 0 Å². The molecule has 5 heteroatoms.